The Kier molecular flexibility index (Phi) is 4.59. The number of amides is 2. The van der Waals surface area contributed by atoms with E-state index in [2.05, 4.69) is 10.1 Å². The second-order valence-electron chi connectivity index (χ2n) is 7.50. The van der Waals surface area contributed by atoms with E-state index in [1.807, 2.05) is 24.8 Å². The third-order valence-electron chi connectivity index (χ3n) is 5.57. The van der Waals surface area contributed by atoms with Crippen LogP contribution in [0.4, 0.5) is 0 Å². The van der Waals surface area contributed by atoms with Crippen molar-refractivity contribution in [2.75, 3.05) is 33.4 Å². The van der Waals surface area contributed by atoms with Crippen LogP contribution in [0.3, 0.4) is 0 Å². The summed E-state index contributed by atoms with van der Waals surface area (Å²) in [5, 5.41) is 4.46. The molecule has 27 heavy (non-hydrogen) atoms. The van der Waals surface area contributed by atoms with Gasteiger partial charge in [-0.05, 0) is 32.8 Å². The van der Waals surface area contributed by atoms with E-state index in [9.17, 15) is 9.59 Å². The summed E-state index contributed by atoms with van der Waals surface area (Å²) in [6.07, 6.45) is 1.76. The monoisotopic (exact) mass is 371 g/mol. The van der Waals surface area contributed by atoms with E-state index in [1.165, 1.54) is 0 Å². The standard InChI is InChI=1S/C19H25N5O3/c1-12-8-13(2)24-17(20-12)9-16(21-24)19(26)22-10-14-4-5-15(11-22)23(18(14)25)6-7-27-3/h8-9,14-15H,4-7,10-11H2,1-3H3/t14-,15+/m0/s1. The van der Waals surface area contributed by atoms with Crippen LogP contribution in [0.2, 0.25) is 0 Å². The molecule has 5 heterocycles. The fraction of sp³-hybridized carbons (Fsp3) is 0.579. The zero-order valence-electron chi connectivity index (χ0n) is 16.0. The maximum atomic E-state index is 13.1. The Morgan fingerprint density at radius 3 is 2.85 bits per heavy atom. The molecule has 3 saturated heterocycles. The molecule has 2 amide bonds. The van der Waals surface area contributed by atoms with E-state index in [-0.39, 0.29) is 23.8 Å². The van der Waals surface area contributed by atoms with Crippen molar-refractivity contribution >= 4 is 17.5 Å². The Balaban J connectivity index is 1.59. The van der Waals surface area contributed by atoms with Crippen molar-refractivity contribution in [2.45, 2.75) is 32.7 Å². The van der Waals surface area contributed by atoms with Gasteiger partial charge in [0.15, 0.2) is 11.3 Å². The van der Waals surface area contributed by atoms with E-state index in [4.69, 9.17) is 4.74 Å². The van der Waals surface area contributed by atoms with Crippen LogP contribution in [-0.4, -0.2) is 75.6 Å². The Morgan fingerprint density at radius 2 is 2.07 bits per heavy atom. The molecule has 3 fully saturated rings. The van der Waals surface area contributed by atoms with Crippen molar-refractivity contribution in [2.24, 2.45) is 5.92 Å². The van der Waals surface area contributed by atoms with Gasteiger partial charge in [-0.15, -0.1) is 0 Å². The molecule has 0 N–H and O–H groups in total. The zero-order valence-corrected chi connectivity index (χ0v) is 16.0. The Morgan fingerprint density at radius 1 is 1.26 bits per heavy atom. The molecule has 8 heteroatoms. The molecule has 2 aromatic rings. The molecule has 2 aromatic heterocycles. The van der Waals surface area contributed by atoms with Gasteiger partial charge in [0.2, 0.25) is 5.91 Å². The highest BCUT2D eigenvalue weighted by molar-refractivity contribution is 5.94. The molecule has 0 spiro atoms. The summed E-state index contributed by atoms with van der Waals surface area (Å²) >= 11 is 0. The van der Waals surface area contributed by atoms with Crippen LogP contribution >= 0.6 is 0 Å². The minimum absolute atomic E-state index is 0.0505. The summed E-state index contributed by atoms with van der Waals surface area (Å²) < 4.78 is 6.84. The predicted octanol–water partition coefficient (Wildman–Crippen LogP) is 1.06. The van der Waals surface area contributed by atoms with Gasteiger partial charge in [-0.25, -0.2) is 9.50 Å². The molecule has 0 aliphatic carbocycles. The van der Waals surface area contributed by atoms with Crippen LogP contribution in [0.15, 0.2) is 12.1 Å². The molecular weight excluding hydrogens is 346 g/mol. The fourth-order valence-corrected chi connectivity index (χ4v) is 4.24. The maximum Gasteiger partial charge on any atom is 0.274 e. The number of aryl methyl sites for hydroxylation is 2. The number of rotatable bonds is 4. The van der Waals surface area contributed by atoms with Gasteiger partial charge in [-0.3, -0.25) is 9.59 Å². The minimum atomic E-state index is -0.135. The van der Waals surface area contributed by atoms with E-state index < -0.39 is 0 Å². The second-order valence-corrected chi connectivity index (χ2v) is 7.50. The number of hydrogen-bond donors (Lipinski definition) is 0. The number of nitrogens with zero attached hydrogens (tertiary/aromatic N) is 5. The molecule has 2 atom stereocenters. The number of methoxy groups -OCH3 is 1. The Labute approximate surface area is 158 Å². The number of ether oxygens (including phenoxy) is 1. The SMILES string of the molecule is COCCN1C(=O)[C@H]2CC[C@@H]1CN(C(=O)c1cc3nc(C)cc(C)n3n1)C2. The van der Waals surface area contributed by atoms with Gasteiger partial charge in [0.1, 0.15) is 0 Å². The van der Waals surface area contributed by atoms with Crippen molar-refractivity contribution in [3.63, 3.8) is 0 Å². The van der Waals surface area contributed by atoms with Gasteiger partial charge in [0.25, 0.3) is 5.91 Å². The Bertz CT molecular complexity index is 893. The molecule has 0 unspecified atom stereocenters. The van der Waals surface area contributed by atoms with Crippen LogP contribution in [0.5, 0.6) is 0 Å². The van der Waals surface area contributed by atoms with E-state index in [0.717, 1.165) is 24.2 Å². The van der Waals surface area contributed by atoms with Crippen LogP contribution in [0, 0.1) is 19.8 Å². The smallest absolute Gasteiger partial charge is 0.274 e. The summed E-state index contributed by atoms with van der Waals surface area (Å²) in [6.45, 7) is 5.96. The number of aromatic nitrogens is 3. The number of hydrogen-bond acceptors (Lipinski definition) is 5. The van der Waals surface area contributed by atoms with Gasteiger partial charge in [0.05, 0.1) is 12.5 Å². The van der Waals surface area contributed by atoms with Gasteiger partial charge < -0.3 is 14.5 Å². The fourth-order valence-electron chi connectivity index (χ4n) is 4.24. The molecule has 3 aliphatic heterocycles. The van der Waals surface area contributed by atoms with Crippen molar-refractivity contribution in [1.82, 2.24) is 24.4 Å². The third kappa shape index (κ3) is 3.18. The molecule has 3 aliphatic rings. The zero-order chi connectivity index (χ0) is 19.1. The lowest BCUT2D eigenvalue weighted by Crippen LogP contribution is -2.49. The van der Waals surface area contributed by atoms with E-state index >= 15 is 0 Å². The quantitative estimate of drug-likeness (QED) is 0.803. The highest BCUT2D eigenvalue weighted by Gasteiger charge is 2.42. The third-order valence-corrected chi connectivity index (χ3v) is 5.57. The highest BCUT2D eigenvalue weighted by Crippen LogP contribution is 2.29. The molecule has 0 saturated carbocycles. The van der Waals surface area contributed by atoms with Gasteiger partial charge in [-0.1, -0.05) is 0 Å². The lowest BCUT2D eigenvalue weighted by Gasteiger charge is -2.35. The normalized spacial score (nSPS) is 22.6. The molecule has 8 nitrogen and oxygen atoms in total. The first-order chi connectivity index (χ1) is 13.0. The van der Waals surface area contributed by atoms with Crippen LogP contribution in [0.1, 0.15) is 34.7 Å². The lowest BCUT2D eigenvalue weighted by molar-refractivity contribution is -0.140. The van der Waals surface area contributed by atoms with Crippen LogP contribution < -0.4 is 0 Å². The van der Waals surface area contributed by atoms with Crippen LogP contribution in [0.25, 0.3) is 5.65 Å². The average molecular weight is 371 g/mol. The molecule has 144 valence electrons. The van der Waals surface area contributed by atoms with Crippen LogP contribution in [-0.2, 0) is 9.53 Å². The number of carbonyl (C=O) groups is 2. The maximum absolute atomic E-state index is 13.1. The Hall–Kier alpha value is -2.48. The second kappa shape index (κ2) is 6.92. The topological polar surface area (TPSA) is 80.0 Å². The van der Waals surface area contributed by atoms with Gasteiger partial charge >= 0.3 is 0 Å². The molecule has 2 bridgehead atoms. The van der Waals surface area contributed by atoms with Crippen molar-refractivity contribution in [3.05, 3.63) is 29.2 Å². The lowest BCUT2D eigenvalue weighted by atomic mass is 9.94. The predicted molar refractivity (Wildman–Crippen MR) is 98.5 cm³/mol. The molecule has 0 radical (unpaired) electrons. The number of fused-ring (bicyclic) bond motifs is 5. The summed E-state index contributed by atoms with van der Waals surface area (Å²) in [5.74, 6) is -0.124. The largest absolute Gasteiger partial charge is 0.383 e. The van der Waals surface area contributed by atoms with Gasteiger partial charge in [0, 0.05) is 50.2 Å². The van der Waals surface area contributed by atoms with Crippen molar-refractivity contribution in [1.29, 1.82) is 0 Å². The summed E-state index contributed by atoms with van der Waals surface area (Å²) in [5.41, 5.74) is 2.89. The van der Waals surface area contributed by atoms with Crippen molar-refractivity contribution < 1.29 is 14.3 Å². The van der Waals surface area contributed by atoms with E-state index in [0.29, 0.717) is 37.6 Å². The first-order valence-corrected chi connectivity index (χ1v) is 9.40. The summed E-state index contributed by atoms with van der Waals surface area (Å²) in [4.78, 5) is 34.0. The summed E-state index contributed by atoms with van der Waals surface area (Å²) in [6, 6.07) is 3.72. The summed E-state index contributed by atoms with van der Waals surface area (Å²) in [7, 11) is 1.64. The first-order valence-electron chi connectivity index (χ1n) is 9.40. The van der Waals surface area contributed by atoms with Crippen molar-refractivity contribution in [3.8, 4) is 0 Å². The first kappa shape index (κ1) is 17.9. The molecule has 0 aromatic carbocycles. The number of piperidine rings is 1. The minimum Gasteiger partial charge on any atom is -0.383 e. The van der Waals surface area contributed by atoms with E-state index in [1.54, 1.807) is 22.6 Å². The molecule has 5 rings (SSSR count). The molecular formula is C19H25N5O3. The average Bonchev–Trinajstić information content (AvgIpc) is 2.87. The number of carbonyl (C=O) groups excluding carboxylic acids is 2. The van der Waals surface area contributed by atoms with Gasteiger partial charge in [-0.2, -0.15) is 5.10 Å². The highest BCUT2D eigenvalue weighted by atomic mass is 16.5.